The van der Waals surface area contributed by atoms with Crippen molar-refractivity contribution in [1.29, 1.82) is 0 Å². The second-order valence-corrected chi connectivity index (χ2v) is 6.64. The number of rotatable bonds is 5. The molecule has 0 aliphatic rings. The molecular weight excluding hydrogens is 349 g/mol. The van der Waals surface area contributed by atoms with Crippen LogP contribution < -0.4 is 14.2 Å². The fourth-order valence-electron chi connectivity index (χ4n) is 1.78. The zero-order chi connectivity index (χ0) is 16.3. The van der Waals surface area contributed by atoms with E-state index in [2.05, 4.69) is 4.72 Å². The van der Waals surface area contributed by atoms with Gasteiger partial charge in [0.25, 0.3) is 10.0 Å². The molecule has 0 spiro atoms. The first-order chi connectivity index (χ1) is 10.4. The van der Waals surface area contributed by atoms with Gasteiger partial charge in [0.1, 0.15) is 21.4 Å². The molecule has 0 saturated carbocycles. The van der Waals surface area contributed by atoms with Gasteiger partial charge in [-0.05, 0) is 24.3 Å². The van der Waals surface area contributed by atoms with Crippen molar-refractivity contribution in [3.63, 3.8) is 0 Å². The van der Waals surface area contributed by atoms with E-state index in [1.165, 1.54) is 26.4 Å². The monoisotopic (exact) mass is 361 g/mol. The quantitative estimate of drug-likeness (QED) is 0.879. The molecule has 2 rings (SSSR count). The molecule has 0 aliphatic heterocycles. The van der Waals surface area contributed by atoms with Crippen LogP contribution in [-0.2, 0) is 10.0 Å². The first kappa shape index (κ1) is 16.7. The van der Waals surface area contributed by atoms with Crippen LogP contribution in [0.2, 0.25) is 10.0 Å². The summed E-state index contributed by atoms with van der Waals surface area (Å²) in [5.74, 6) is 0.825. The van der Waals surface area contributed by atoms with Crippen LogP contribution in [0, 0.1) is 0 Å². The van der Waals surface area contributed by atoms with Crippen molar-refractivity contribution in [3.05, 3.63) is 46.4 Å². The number of hydrogen-bond donors (Lipinski definition) is 1. The van der Waals surface area contributed by atoms with E-state index in [0.29, 0.717) is 17.2 Å². The molecule has 8 heteroatoms. The first-order valence-electron chi connectivity index (χ1n) is 6.08. The van der Waals surface area contributed by atoms with Gasteiger partial charge in [-0.1, -0.05) is 29.3 Å². The highest BCUT2D eigenvalue weighted by Gasteiger charge is 2.22. The van der Waals surface area contributed by atoms with Crippen LogP contribution in [0.25, 0.3) is 0 Å². The van der Waals surface area contributed by atoms with Gasteiger partial charge < -0.3 is 9.47 Å². The molecule has 0 atom stereocenters. The maximum absolute atomic E-state index is 12.4. The minimum Gasteiger partial charge on any atom is -0.497 e. The van der Waals surface area contributed by atoms with Crippen molar-refractivity contribution in [3.8, 4) is 11.5 Å². The molecule has 1 N–H and O–H groups in total. The molecular formula is C14H13Cl2NO4S. The highest BCUT2D eigenvalue weighted by atomic mass is 35.5. The highest BCUT2D eigenvalue weighted by molar-refractivity contribution is 7.92. The Morgan fingerprint density at radius 3 is 2.36 bits per heavy atom. The summed E-state index contributed by atoms with van der Waals surface area (Å²) in [6.07, 6.45) is 0. The summed E-state index contributed by atoms with van der Waals surface area (Å²) in [5.41, 5.74) is 0.349. The molecule has 0 heterocycles. The summed E-state index contributed by atoms with van der Waals surface area (Å²) >= 11 is 12.0. The number of sulfonamides is 1. The minimum atomic E-state index is -3.89. The summed E-state index contributed by atoms with van der Waals surface area (Å²) in [7, 11) is -0.983. The van der Waals surface area contributed by atoms with Crippen molar-refractivity contribution < 1.29 is 17.9 Å². The molecule has 5 nitrogen and oxygen atoms in total. The van der Waals surface area contributed by atoms with Gasteiger partial charge in [-0.15, -0.1) is 0 Å². The molecule has 118 valence electrons. The van der Waals surface area contributed by atoms with Gasteiger partial charge in [-0.25, -0.2) is 8.42 Å². The molecule has 0 aliphatic carbocycles. The van der Waals surface area contributed by atoms with E-state index in [1.807, 2.05) is 0 Å². The third-order valence-corrected chi connectivity index (χ3v) is 5.24. The van der Waals surface area contributed by atoms with Crippen LogP contribution in [0.3, 0.4) is 0 Å². The second kappa shape index (κ2) is 6.64. The van der Waals surface area contributed by atoms with Crippen LogP contribution in [0.1, 0.15) is 0 Å². The van der Waals surface area contributed by atoms with E-state index >= 15 is 0 Å². The Hall–Kier alpha value is -1.63. The summed E-state index contributed by atoms with van der Waals surface area (Å²) in [5, 5.41) is -0.0610. The average Bonchev–Trinajstić information content (AvgIpc) is 2.49. The minimum absolute atomic E-state index is 0.0395. The Kier molecular flexibility index (Phi) is 5.05. The lowest BCUT2D eigenvalue weighted by atomic mass is 10.3. The number of hydrogen-bond acceptors (Lipinski definition) is 4. The summed E-state index contributed by atoms with van der Waals surface area (Å²) in [6.45, 7) is 0. The Balaban J connectivity index is 2.40. The number of ether oxygens (including phenoxy) is 2. The smallest absolute Gasteiger partial charge is 0.263 e. The molecule has 2 aromatic rings. The lowest BCUT2D eigenvalue weighted by Gasteiger charge is -2.12. The molecule has 2 aromatic carbocycles. The van der Waals surface area contributed by atoms with Crippen molar-refractivity contribution in [1.82, 2.24) is 0 Å². The van der Waals surface area contributed by atoms with Gasteiger partial charge in [-0.3, -0.25) is 4.72 Å². The predicted molar refractivity (Wildman–Crippen MR) is 86.8 cm³/mol. The topological polar surface area (TPSA) is 64.6 Å². The van der Waals surface area contributed by atoms with E-state index in [4.69, 9.17) is 32.7 Å². The number of halogens is 2. The van der Waals surface area contributed by atoms with E-state index in [9.17, 15) is 8.42 Å². The zero-order valence-corrected chi connectivity index (χ0v) is 14.1. The van der Waals surface area contributed by atoms with Crippen LogP contribution >= 0.6 is 23.2 Å². The average molecular weight is 362 g/mol. The normalized spacial score (nSPS) is 11.1. The maximum atomic E-state index is 12.4. The Morgan fingerprint density at radius 2 is 1.73 bits per heavy atom. The Labute approximate surface area is 138 Å². The van der Waals surface area contributed by atoms with Crippen LogP contribution in [0.15, 0.2) is 41.3 Å². The number of benzene rings is 2. The van der Waals surface area contributed by atoms with Crippen molar-refractivity contribution in [2.75, 3.05) is 18.9 Å². The van der Waals surface area contributed by atoms with Crippen molar-refractivity contribution in [2.24, 2.45) is 0 Å². The van der Waals surface area contributed by atoms with Gasteiger partial charge in [0.15, 0.2) is 0 Å². The Bertz CT molecular complexity index is 793. The van der Waals surface area contributed by atoms with E-state index in [0.717, 1.165) is 0 Å². The fourth-order valence-corrected chi connectivity index (χ4v) is 3.67. The van der Waals surface area contributed by atoms with E-state index in [-0.39, 0.29) is 14.9 Å². The second-order valence-electron chi connectivity index (χ2n) is 4.23. The molecule has 0 amide bonds. The third kappa shape index (κ3) is 3.40. The largest absolute Gasteiger partial charge is 0.497 e. The molecule has 0 fully saturated rings. The Morgan fingerprint density at radius 1 is 1.00 bits per heavy atom. The van der Waals surface area contributed by atoms with Crippen molar-refractivity contribution in [2.45, 2.75) is 4.90 Å². The molecule has 22 heavy (non-hydrogen) atoms. The van der Waals surface area contributed by atoms with Crippen LogP contribution in [0.4, 0.5) is 5.69 Å². The fraction of sp³-hybridized carbons (Fsp3) is 0.143. The maximum Gasteiger partial charge on any atom is 0.263 e. The van der Waals surface area contributed by atoms with Crippen LogP contribution in [0.5, 0.6) is 11.5 Å². The van der Waals surface area contributed by atoms with Gasteiger partial charge in [0.2, 0.25) is 0 Å². The van der Waals surface area contributed by atoms with Gasteiger partial charge >= 0.3 is 0 Å². The van der Waals surface area contributed by atoms with Gasteiger partial charge in [-0.2, -0.15) is 0 Å². The lowest BCUT2D eigenvalue weighted by molar-refractivity contribution is 0.414. The summed E-state index contributed by atoms with van der Waals surface area (Å²) < 4.78 is 37.3. The lowest BCUT2D eigenvalue weighted by Crippen LogP contribution is -2.13. The highest BCUT2D eigenvalue weighted by Crippen LogP contribution is 2.37. The van der Waals surface area contributed by atoms with Gasteiger partial charge in [0, 0.05) is 6.07 Å². The molecule has 0 saturated heterocycles. The summed E-state index contributed by atoms with van der Waals surface area (Å²) in [4.78, 5) is -0.136. The number of anilines is 1. The molecule has 0 unspecified atom stereocenters. The zero-order valence-electron chi connectivity index (χ0n) is 11.8. The SMILES string of the molecule is COc1cccc(NS(=O)(=O)c2ccc(OC)c(Cl)c2Cl)c1. The van der Waals surface area contributed by atoms with E-state index < -0.39 is 10.0 Å². The summed E-state index contributed by atoms with van der Waals surface area (Å²) in [6, 6.07) is 9.29. The predicted octanol–water partition coefficient (Wildman–Crippen LogP) is 3.81. The van der Waals surface area contributed by atoms with E-state index in [1.54, 1.807) is 24.3 Å². The molecule has 0 aromatic heterocycles. The standard InChI is InChI=1S/C14H13Cl2NO4S/c1-20-10-5-3-4-9(8-10)17-22(18,19)12-7-6-11(21-2)13(15)14(12)16/h3-8,17H,1-2H3. The van der Waals surface area contributed by atoms with Gasteiger partial charge in [0.05, 0.1) is 24.9 Å². The van der Waals surface area contributed by atoms with Crippen LogP contribution in [-0.4, -0.2) is 22.6 Å². The molecule has 0 radical (unpaired) electrons. The number of nitrogens with one attached hydrogen (secondary N) is 1. The van der Waals surface area contributed by atoms with Crippen molar-refractivity contribution >= 4 is 38.9 Å². The number of methoxy groups -OCH3 is 2. The third-order valence-electron chi connectivity index (χ3n) is 2.84. The first-order valence-corrected chi connectivity index (χ1v) is 8.32. The molecule has 0 bridgehead atoms.